The highest BCUT2D eigenvalue weighted by molar-refractivity contribution is 7.92. The van der Waals surface area contributed by atoms with Crippen molar-refractivity contribution < 1.29 is 17.6 Å². The summed E-state index contributed by atoms with van der Waals surface area (Å²) in [4.78, 5) is 13.0. The first-order chi connectivity index (χ1) is 14.7. The Hall–Kier alpha value is -3.19. The second-order valence-electron chi connectivity index (χ2n) is 7.38. The summed E-state index contributed by atoms with van der Waals surface area (Å²) in [5.74, 6) is -0.824. The van der Waals surface area contributed by atoms with Crippen molar-refractivity contribution in [2.45, 2.75) is 31.7 Å². The molecule has 0 heterocycles. The van der Waals surface area contributed by atoms with Crippen LogP contribution in [-0.2, 0) is 14.8 Å². The number of carbonyl (C=O) groups is 1. The summed E-state index contributed by atoms with van der Waals surface area (Å²) >= 11 is 0. The number of sulfonamides is 1. The highest BCUT2D eigenvalue weighted by Crippen LogP contribution is 2.28. The zero-order valence-corrected chi connectivity index (χ0v) is 18.5. The number of hydrogen-bond acceptors (Lipinski definition) is 3. The Balaban J connectivity index is 1.92. The average Bonchev–Trinajstić information content (AvgIpc) is 2.75. The molecule has 0 radical (unpaired) electrons. The molecule has 1 unspecified atom stereocenters. The number of nitrogens with zero attached hydrogens (tertiary/aromatic N) is 1. The number of carbonyl (C=O) groups excluding carboxylic acids is 1. The topological polar surface area (TPSA) is 66.5 Å². The molecule has 0 aliphatic carbocycles. The number of anilines is 1. The molecule has 3 aromatic rings. The van der Waals surface area contributed by atoms with E-state index in [1.807, 2.05) is 19.9 Å². The van der Waals surface area contributed by atoms with Gasteiger partial charge in [-0.1, -0.05) is 42.5 Å². The maximum atomic E-state index is 13.4. The van der Waals surface area contributed by atoms with Crippen LogP contribution in [0, 0.1) is 19.7 Å². The van der Waals surface area contributed by atoms with Crippen molar-refractivity contribution in [1.82, 2.24) is 5.32 Å². The molecule has 7 heteroatoms. The van der Waals surface area contributed by atoms with Crippen LogP contribution in [0.15, 0.2) is 77.7 Å². The van der Waals surface area contributed by atoms with Gasteiger partial charge >= 0.3 is 0 Å². The highest BCUT2D eigenvalue weighted by atomic mass is 32.2. The number of rotatable bonds is 7. The Kier molecular flexibility index (Phi) is 6.75. The SMILES string of the molecule is Cc1cccc(N(CC(=O)NC(C)c2ccc(F)cc2)S(=O)(=O)c2ccccc2)c1C. The van der Waals surface area contributed by atoms with Crippen molar-refractivity contribution in [1.29, 1.82) is 0 Å². The number of halogens is 1. The average molecular weight is 441 g/mol. The predicted molar refractivity (Wildman–Crippen MR) is 120 cm³/mol. The van der Waals surface area contributed by atoms with Gasteiger partial charge in [0.2, 0.25) is 5.91 Å². The lowest BCUT2D eigenvalue weighted by molar-refractivity contribution is -0.120. The van der Waals surface area contributed by atoms with Crippen LogP contribution in [0.3, 0.4) is 0 Å². The number of aryl methyl sites for hydroxylation is 1. The van der Waals surface area contributed by atoms with Gasteiger partial charge < -0.3 is 5.32 Å². The molecule has 1 amide bonds. The van der Waals surface area contributed by atoms with E-state index in [9.17, 15) is 17.6 Å². The molecule has 162 valence electrons. The first kappa shape index (κ1) is 22.5. The Labute approximate surface area is 182 Å². The molecule has 0 fully saturated rings. The smallest absolute Gasteiger partial charge is 0.264 e. The summed E-state index contributed by atoms with van der Waals surface area (Å²) in [6, 6.07) is 18.8. The zero-order chi connectivity index (χ0) is 22.6. The van der Waals surface area contributed by atoms with E-state index in [2.05, 4.69) is 5.32 Å². The maximum absolute atomic E-state index is 13.4. The van der Waals surface area contributed by atoms with E-state index in [1.54, 1.807) is 49.4 Å². The van der Waals surface area contributed by atoms with Crippen LogP contribution in [0.4, 0.5) is 10.1 Å². The van der Waals surface area contributed by atoms with E-state index in [0.717, 1.165) is 21.0 Å². The van der Waals surface area contributed by atoms with Crippen molar-refractivity contribution in [3.63, 3.8) is 0 Å². The molecule has 1 N–H and O–H groups in total. The summed E-state index contributed by atoms with van der Waals surface area (Å²) in [5, 5.41) is 2.81. The molecule has 0 bridgehead atoms. The molecule has 0 aromatic heterocycles. The summed E-state index contributed by atoms with van der Waals surface area (Å²) < 4.78 is 41.2. The summed E-state index contributed by atoms with van der Waals surface area (Å²) in [5.41, 5.74) is 2.87. The van der Waals surface area contributed by atoms with Crippen LogP contribution in [0.25, 0.3) is 0 Å². The molecule has 0 saturated heterocycles. The zero-order valence-electron chi connectivity index (χ0n) is 17.7. The van der Waals surface area contributed by atoms with Gasteiger partial charge in [-0.15, -0.1) is 0 Å². The van der Waals surface area contributed by atoms with Crippen molar-refractivity contribution in [2.24, 2.45) is 0 Å². The molecule has 3 rings (SSSR count). The largest absolute Gasteiger partial charge is 0.348 e. The number of amides is 1. The summed E-state index contributed by atoms with van der Waals surface area (Å²) in [6.45, 7) is 5.10. The second kappa shape index (κ2) is 9.31. The minimum atomic E-state index is -3.97. The molecule has 1 atom stereocenters. The quantitative estimate of drug-likeness (QED) is 0.588. The van der Waals surface area contributed by atoms with Crippen LogP contribution in [0.1, 0.15) is 29.7 Å². The summed E-state index contributed by atoms with van der Waals surface area (Å²) in [6.07, 6.45) is 0. The Bertz CT molecular complexity index is 1160. The van der Waals surface area contributed by atoms with Crippen molar-refractivity contribution in [3.8, 4) is 0 Å². The fourth-order valence-electron chi connectivity index (χ4n) is 3.28. The molecular formula is C24H25FN2O3S. The van der Waals surface area contributed by atoms with Gasteiger partial charge in [0.05, 0.1) is 16.6 Å². The summed E-state index contributed by atoms with van der Waals surface area (Å²) in [7, 11) is -3.97. The Morgan fingerprint density at radius 1 is 0.968 bits per heavy atom. The first-order valence-corrected chi connectivity index (χ1v) is 11.3. The normalized spacial score (nSPS) is 12.3. The lowest BCUT2D eigenvalue weighted by Gasteiger charge is -2.27. The number of benzene rings is 3. The monoisotopic (exact) mass is 440 g/mol. The molecule has 31 heavy (non-hydrogen) atoms. The maximum Gasteiger partial charge on any atom is 0.264 e. The fourth-order valence-corrected chi connectivity index (χ4v) is 4.78. The van der Waals surface area contributed by atoms with E-state index in [-0.39, 0.29) is 17.3 Å². The molecule has 0 spiro atoms. The van der Waals surface area contributed by atoms with Gasteiger partial charge in [-0.2, -0.15) is 0 Å². The van der Waals surface area contributed by atoms with Crippen LogP contribution in [0.2, 0.25) is 0 Å². The van der Waals surface area contributed by atoms with Crippen molar-refractivity contribution >= 4 is 21.6 Å². The third kappa shape index (κ3) is 5.11. The van der Waals surface area contributed by atoms with Gasteiger partial charge in [0, 0.05) is 0 Å². The highest BCUT2D eigenvalue weighted by Gasteiger charge is 2.28. The minimum absolute atomic E-state index is 0.107. The predicted octanol–water partition coefficient (Wildman–Crippen LogP) is 4.52. The minimum Gasteiger partial charge on any atom is -0.348 e. The lowest BCUT2D eigenvalue weighted by Crippen LogP contribution is -2.42. The number of nitrogens with one attached hydrogen (secondary N) is 1. The van der Waals surface area contributed by atoms with Gasteiger partial charge in [0.25, 0.3) is 10.0 Å². The first-order valence-electron chi connectivity index (χ1n) is 9.89. The van der Waals surface area contributed by atoms with Crippen LogP contribution in [0.5, 0.6) is 0 Å². The van der Waals surface area contributed by atoms with Crippen molar-refractivity contribution in [2.75, 3.05) is 10.8 Å². The Morgan fingerprint density at radius 3 is 2.26 bits per heavy atom. The lowest BCUT2D eigenvalue weighted by atomic mass is 10.1. The molecule has 0 aliphatic rings. The van der Waals surface area contributed by atoms with Crippen LogP contribution in [-0.4, -0.2) is 20.9 Å². The van der Waals surface area contributed by atoms with Gasteiger partial charge in [0.15, 0.2) is 0 Å². The van der Waals surface area contributed by atoms with E-state index in [1.165, 1.54) is 24.3 Å². The molecule has 0 saturated carbocycles. The third-order valence-corrected chi connectivity index (χ3v) is 6.98. The fraction of sp³-hybridized carbons (Fsp3) is 0.208. The van der Waals surface area contributed by atoms with E-state index < -0.39 is 22.0 Å². The Morgan fingerprint density at radius 2 is 1.61 bits per heavy atom. The van der Waals surface area contributed by atoms with Crippen LogP contribution >= 0.6 is 0 Å². The van der Waals surface area contributed by atoms with Crippen LogP contribution < -0.4 is 9.62 Å². The van der Waals surface area contributed by atoms with Gasteiger partial charge in [0.1, 0.15) is 12.4 Å². The van der Waals surface area contributed by atoms with Crippen molar-refractivity contribution in [3.05, 3.63) is 95.3 Å². The van der Waals surface area contributed by atoms with E-state index in [4.69, 9.17) is 0 Å². The van der Waals surface area contributed by atoms with E-state index >= 15 is 0 Å². The molecule has 5 nitrogen and oxygen atoms in total. The molecule has 3 aromatic carbocycles. The second-order valence-corrected chi connectivity index (χ2v) is 9.25. The standard InChI is InChI=1S/C24H25FN2O3S/c1-17-8-7-11-23(18(17)2)27(31(29,30)22-9-5-4-6-10-22)16-24(28)26-19(3)20-12-14-21(25)15-13-20/h4-15,19H,16H2,1-3H3,(H,26,28). The van der Waals surface area contributed by atoms with E-state index in [0.29, 0.717) is 5.69 Å². The third-order valence-electron chi connectivity index (χ3n) is 5.21. The molecule has 0 aliphatic heterocycles. The van der Waals surface area contributed by atoms with Gasteiger partial charge in [-0.3, -0.25) is 9.10 Å². The van der Waals surface area contributed by atoms with Gasteiger partial charge in [-0.25, -0.2) is 12.8 Å². The van der Waals surface area contributed by atoms with Gasteiger partial charge in [-0.05, 0) is 67.8 Å². The number of hydrogen-bond donors (Lipinski definition) is 1. The molecular weight excluding hydrogens is 415 g/mol.